The number of hydrogen-bond donors (Lipinski definition) is 0. The molecule has 0 aliphatic rings. The van der Waals surface area contributed by atoms with E-state index in [2.05, 4.69) is 0 Å². The minimum absolute atomic E-state index is 0. The summed E-state index contributed by atoms with van der Waals surface area (Å²) in [4.78, 5) is 0. The van der Waals surface area contributed by atoms with Gasteiger partial charge >= 0.3 is 85.2 Å². The van der Waals surface area contributed by atoms with Gasteiger partial charge in [-0.1, -0.05) is 0 Å². The Bertz CT molecular complexity index is 26.5. The van der Waals surface area contributed by atoms with Crippen LogP contribution in [0, 0.1) is 0 Å². The number of halogens is 6. The van der Waals surface area contributed by atoms with Crippen LogP contribution in [-0.2, 0) is 49.8 Å². The Kier molecular flexibility index (Phi) is 29.6. The smallest absolute Gasteiger partial charge is 0 e. The monoisotopic (exact) mass is 412 g/mol. The van der Waals surface area contributed by atoms with E-state index in [1.54, 1.807) is 0 Å². The van der Waals surface area contributed by atoms with Crippen molar-refractivity contribution in [3.63, 3.8) is 0 Å². The minimum atomic E-state index is -1.92. The summed E-state index contributed by atoms with van der Waals surface area (Å²) in [5, 5.41) is 0. The van der Waals surface area contributed by atoms with Crippen LogP contribution in [0.2, 0.25) is 0 Å². The Morgan fingerprint density at radius 1 is 0.556 bits per heavy atom. The third-order valence-corrected chi connectivity index (χ3v) is 0. The second-order valence-corrected chi connectivity index (χ2v) is 15.9. The molecule has 0 bridgehead atoms. The van der Waals surface area contributed by atoms with Gasteiger partial charge in [0.15, 0.2) is 0 Å². The zero-order valence-electron chi connectivity index (χ0n) is 3.58. The van der Waals surface area contributed by atoms with Gasteiger partial charge in [-0.05, 0) is 0 Å². The quantitative estimate of drug-likeness (QED) is 0.523. The molecule has 0 atom stereocenters. The molecule has 0 fully saturated rings. The van der Waals surface area contributed by atoms with Gasteiger partial charge in [0.05, 0.1) is 0 Å². The fourth-order valence-corrected chi connectivity index (χ4v) is 0. The maximum Gasteiger partial charge on any atom is 0 e. The first-order chi connectivity index (χ1) is 3.46. The summed E-state index contributed by atoms with van der Waals surface area (Å²) in [6, 6.07) is 0. The fraction of sp³-hybridized carbons (Fsp3) is 0. The van der Waals surface area contributed by atoms with E-state index in [0.717, 1.165) is 0 Å². The van der Waals surface area contributed by atoms with Crippen molar-refractivity contribution < 1.29 is 49.8 Å². The molecule has 0 amide bonds. The van der Waals surface area contributed by atoms with Crippen LogP contribution < -0.4 is 0 Å². The second kappa shape index (κ2) is 14.4. The molecular weight excluding hydrogens is 415 g/mol. The maximum absolute atomic E-state index is 4.97. The summed E-state index contributed by atoms with van der Waals surface area (Å²) in [6.45, 7) is 0. The predicted octanol–water partition coefficient (Wildman–Crippen LogP) is 4.13. The van der Waals surface area contributed by atoms with Crippen LogP contribution in [0.5, 0.6) is 0 Å². The summed E-state index contributed by atoms with van der Waals surface area (Å²) in [6.07, 6.45) is 0. The van der Waals surface area contributed by atoms with Gasteiger partial charge in [0.2, 0.25) is 0 Å². The Morgan fingerprint density at radius 3 is 0.556 bits per heavy atom. The SMILES string of the molecule is [Cl][Ti]([Cl])[Cl].[Cl][Ti]([Cl])[Cl].[Pd]. The van der Waals surface area contributed by atoms with Crippen molar-refractivity contribution in [2.75, 3.05) is 0 Å². The molecule has 0 aromatic carbocycles. The van der Waals surface area contributed by atoms with Crippen LogP contribution in [0.25, 0.3) is 0 Å². The van der Waals surface area contributed by atoms with Gasteiger partial charge in [-0.25, -0.2) is 0 Å². The first-order valence-corrected chi connectivity index (χ1v) is 14.0. The second-order valence-electron chi connectivity index (χ2n) is 0.429. The third-order valence-electron chi connectivity index (χ3n) is 0. The summed E-state index contributed by atoms with van der Waals surface area (Å²) in [7, 11) is 29.8. The Labute approximate surface area is 103 Å². The molecule has 0 rings (SSSR count). The molecule has 9 heavy (non-hydrogen) atoms. The molecule has 0 heterocycles. The van der Waals surface area contributed by atoms with Crippen LogP contribution in [-0.4, -0.2) is 0 Å². The van der Waals surface area contributed by atoms with Crippen molar-refractivity contribution in [2.24, 2.45) is 0 Å². The van der Waals surface area contributed by atoms with E-state index < -0.39 is 29.4 Å². The molecule has 0 saturated carbocycles. The van der Waals surface area contributed by atoms with E-state index in [1.807, 2.05) is 0 Å². The average molecular weight is 415 g/mol. The molecule has 9 heteroatoms. The van der Waals surface area contributed by atoms with Gasteiger partial charge in [0, 0.05) is 20.4 Å². The molecule has 0 spiro atoms. The molecule has 0 N–H and O–H groups in total. The molecule has 0 aliphatic carbocycles. The van der Waals surface area contributed by atoms with Crippen molar-refractivity contribution >= 4 is 55.8 Å². The Balaban J connectivity index is -0.0000000720. The first kappa shape index (κ1) is 18.6. The maximum atomic E-state index is 4.97. The Morgan fingerprint density at radius 2 is 0.556 bits per heavy atom. The zero-order chi connectivity index (χ0) is 7.15. The van der Waals surface area contributed by atoms with Crippen molar-refractivity contribution in [1.29, 1.82) is 0 Å². The van der Waals surface area contributed by atoms with E-state index in [1.165, 1.54) is 0 Å². The molecule has 0 aliphatic heterocycles. The van der Waals surface area contributed by atoms with Crippen molar-refractivity contribution in [3.8, 4) is 0 Å². The molecule has 0 saturated heterocycles. The van der Waals surface area contributed by atoms with Gasteiger partial charge in [-0.3, -0.25) is 0 Å². The van der Waals surface area contributed by atoms with E-state index >= 15 is 0 Å². The molecule has 0 unspecified atom stereocenters. The third kappa shape index (κ3) is 77.9. The zero-order valence-corrected chi connectivity index (χ0v) is 12.8. The largest absolute Gasteiger partial charge is 0 e. The normalized spacial score (nSPS) is 6.00. The summed E-state index contributed by atoms with van der Waals surface area (Å²) < 4.78 is 0. The standard InChI is InChI=1S/6ClH.Pd.2Ti/h6*1H;;;/q;;;;;;;2*+3/p-6. The number of rotatable bonds is 0. The van der Waals surface area contributed by atoms with Gasteiger partial charge in [-0.2, -0.15) is 0 Å². The molecule has 0 radical (unpaired) electrons. The van der Waals surface area contributed by atoms with Crippen molar-refractivity contribution in [3.05, 3.63) is 0 Å². The molecule has 0 nitrogen and oxygen atoms in total. The van der Waals surface area contributed by atoms with Crippen molar-refractivity contribution in [1.82, 2.24) is 0 Å². The van der Waals surface area contributed by atoms with Gasteiger partial charge in [0.25, 0.3) is 0 Å². The molecule has 0 aromatic heterocycles. The molecular formula is Cl6PdTi2. The topological polar surface area (TPSA) is 0 Å². The summed E-state index contributed by atoms with van der Waals surface area (Å²) >= 11 is -3.83. The molecule has 60 valence electrons. The van der Waals surface area contributed by atoms with Crippen molar-refractivity contribution in [2.45, 2.75) is 0 Å². The van der Waals surface area contributed by atoms with Crippen LogP contribution >= 0.6 is 55.8 Å². The summed E-state index contributed by atoms with van der Waals surface area (Å²) in [5.41, 5.74) is 0. The van der Waals surface area contributed by atoms with Gasteiger partial charge in [0.1, 0.15) is 0 Å². The van der Waals surface area contributed by atoms with Gasteiger partial charge in [-0.15, -0.1) is 0 Å². The van der Waals surface area contributed by atoms with Crippen LogP contribution in [0.15, 0.2) is 0 Å². The average Bonchev–Trinajstić information content (AvgIpc) is 1.25. The van der Waals surface area contributed by atoms with E-state index in [-0.39, 0.29) is 20.4 Å². The van der Waals surface area contributed by atoms with Gasteiger partial charge < -0.3 is 0 Å². The van der Waals surface area contributed by atoms with E-state index in [0.29, 0.717) is 0 Å². The predicted molar refractivity (Wildman–Crippen MR) is 35.1 cm³/mol. The van der Waals surface area contributed by atoms with Crippen LogP contribution in [0.4, 0.5) is 0 Å². The first-order valence-electron chi connectivity index (χ1n) is 1.13. The fourth-order valence-electron chi connectivity index (χ4n) is 0. The van der Waals surface area contributed by atoms with E-state index in [4.69, 9.17) is 55.8 Å². The molecule has 0 aromatic rings. The van der Waals surface area contributed by atoms with Crippen LogP contribution in [0.1, 0.15) is 0 Å². The number of hydrogen-bond acceptors (Lipinski definition) is 0. The minimum Gasteiger partial charge on any atom is 0 e. The van der Waals surface area contributed by atoms with Crippen LogP contribution in [0.3, 0.4) is 0 Å². The summed E-state index contributed by atoms with van der Waals surface area (Å²) in [5.74, 6) is 0. The Hall–Kier alpha value is 3.83. The van der Waals surface area contributed by atoms with E-state index in [9.17, 15) is 0 Å².